The molecule has 0 aliphatic carbocycles. The molecule has 0 bridgehead atoms. The van der Waals surface area contributed by atoms with E-state index >= 15 is 0 Å². The molecule has 1 aromatic heterocycles. The van der Waals surface area contributed by atoms with E-state index in [0.29, 0.717) is 11.6 Å². The molecule has 1 aliphatic heterocycles. The zero-order valence-electron chi connectivity index (χ0n) is 10.6. The summed E-state index contributed by atoms with van der Waals surface area (Å²) in [5.74, 6) is -0.0281. The van der Waals surface area contributed by atoms with Crippen LogP contribution in [0.5, 0.6) is 0 Å². The van der Waals surface area contributed by atoms with Crippen LogP contribution >= 0.6 is 33.9 Å². The molecule has 2 heterocycles. The second kappa shape index (κ2) is 5.49. The molecule has 1 aliphatic rings. The highest BCUT2D eigenvalue weighted by molar-refractivity contribution is 14.1. The third kappa shape index (κ3) is 2.69. The summed E-state index contributed by atoms with van der Waals surface area (Å²) in [5, 5.41) is 1.96. The minimum Gasteiger partial charge on any atom is -0.402 e. The zero-order valence-corrected chi connectivity index (χ0v) is 13.6. The van der Waals surface area contributed by atoms with Gasteiger partial charge in [0, 0.05) is 14.0 Å². The summed E-state index contributed by atoms with van der Waals surface area (Å²) in [6.45, 7) is 2.04. The van der Waals surface area contributed by atoms with Crippen molar-refractivity contribution >= 4 is 51.9 Å². The molecule has 5 heteroatoms. The first-order valence-electron chi connectivity index (χ1n) is 5.96. The van der Waals surface area contributed by atoms with Crippen LogP contribution in [-0.4, -0.2) is 11.9 Å². The Morgan fingerprint density at radius 2 is 2.20 bits per heavy atom. The van der Waals surface area contributed by atoms with Crippen LogP contribution in [0.15, 0.2) is 46.4 Å². The van der Waals surface area contributed by atoms with E-state index in [0.717, 1.165) is 14.0 Å². The Morgan fingerprint density at radius 1 is 1.35 bits per heavy atom. The first-order chi connectivity index (χ1) is 9.63. The third-order valence-electron chi connectivity index (χ3n) is 2.86. The van der Waals surface area contributed by atoms with Crippen LogP contribution < -0.4 is 0 Å². The van der Waals surface area contributed by atoms with E-state index in [2.05, 4.69) is 27.6 Å². The van der Waals surface area contributed by atoms with Gasteiger partial charge in [-0.05, 0) is 64.7 Å². The fourth-order valence-corrected chi connectivity index (χ4v) is 2.93. The highest BCUT2D eigenvalue weighted by Gasteiger charge is 2.24. The second-order valence-electron chi connectivity index (χ2n) is 4.32. The summed E-state index contributed by atoms with van der Waals surface area (Å²) in [4.78, 5) is 17.1. The number of esters is 1. The normalized spacial score (nSPS) is 16.4. The van der Waals surface area contributed by atoms with Crippen molar-refractivity contribution in [3.8, 4) is 0 Å². The van der Waals surface area contributed by atoms with Crippen molar-refractivity contribution in [3.63, 3.8) is 0 Å². The number of thiophene rings is 1. The number of ether oxygens (including phenoxy) is 1. The van der Waals surface area contributed by atoms with E-state index in [1.165, 1.54) is 5.56 Å². The van der Waals surface area contributed by atoms with Crippen molar-refractivity contribution in [1.82, 2.24) is 0 Å². The largest absolute Gasteiger partial charge is 0.402 e. The van der Waals surface area contributed by atoms with Gasteiger partial charge in [0.1, 0.15) is 0 Å². The number of benzene rings is 1. The van der Waals surface area contributed by atoms with Gasteiger partial charge in [-0.3, -0.25) is 0 Å². The van der Waals surface area contributed by atoms with Gasteiger partial charge < -0.3 is 4.74 Å². The van der Waals surface area contributed by atoms with E-state index in [-0.39, 0.29) is 0 Å². The molecule has 100 valence electrons. The molecule has 0 saturated heterocycles. The van der Waals surface area contributed by atoms with Crippen LogP contribution in [0, 0.1) is 10.5 Å². The lowest BCUT2D eigenvalue weighted by molar-refractivity contribution is -0.129. The number of aliphatic imine (C=N–C) groups is 1. The molecule has 3 nitrogen and oxygen atoms in total. The Bertz CT molecular complexity index is 732. The van der Waals surface area contributed by atoms with Gasteiger partial charge in [0.2, 0.25) is 5.90 Å². The van der Waals surface area contributed by atoms with Gasteiger partial charge in [0.15, 0.2) is 5.70 Å². The number of nitrogens with zero attached hydrogens (tertiary/aromatic N) is 1. The number of rotatable bonds is 2. The Hall–Kier alpha value is -1.47. The van der Waals surface area contributed by atoms with Gasteiger partial charge in [-0.25, -0.2) is 9.79 Å². The summed E-state index contributed by atoms with van der Waals surface area (Å²) < 4.78 is 6.37. The maximum Gasteiger partial charge on any atom is 0.363 e. The fraction of sp³-hybridized carbons (Fsp3) is 0.0667. The Labute approximate surface area is 134 Å². The average Bonchev–Trinajstić information content (AvgIpc) is 3.04. The van der Waals surface area contributed by atoms with Crippen molar-refractivity contribution in [2.75, 3.05) is 0 Å². The summed E-state index contributed by atoms with van der Waals surface area (Å²) in [6, 6.07) is 9.75. The first-order valence-corrected chi connectivity index (χ1v) is 7.92. The van der Waals surface area contributed by atoms with Gasteiger partial charge >= 0.3 is 5.97 Å². The summed E-state index contributed by atoms with van der Waals surface area (Å²) >= 11 is 3.81. The lowest BCUT2D eigenvalue weighted by Gasteiger charge is -2.02. The van der Waals surface area contributed by atoms with Gasteiger partial charge in [0.25, 0.3) is 0 Å². The van der Waals surface area contributed by atoms with Crippen molar-refractivity contribution in [2.45, 2.75) is 6.92 Å². The van der Waals surface area contributed by atoms with Gasteiger partial charge in [-0.15, -0.1) is 11.3 Å². The van der Waals surface area contributed by atoms with E-state index in [9.17, 15) is 4.79 Å². The molecule has 3 rings (SSSR count). The van der Waals surface area contributed by atoms with Crippen LogP contribution in [0.3, 0.4) is 0 Å². The average molecular weight is 395 g/mol. The molecule has 0 saturated carbocycles. The number of hydrogen-bond acceptors (Lipinski definition) is 4. The van der Waals surface area contributed by atoms with Gasteiger partial charge in [0.05, 0.1) is 0 Å². The van der Waals surface area contributed by atoms with Gasteiger partial charge in [-0.1, -0.05) is 12.1 Å². The number of halogens is 1. The monoisotopic (exact) mass is 395 g/mol. The smallest absolute Gasteiger partial charge is 0.363 e. The Balaban J connectivity index is 1.96. The Morgan fingerprint density at radius 3 is 2.90 bits per heavy atom. The molecule has 2 aromatic rings. The Kier molecular flexibility index (Phi) is 3.71. The molecule has 20 heavy (non-hydrogen) atoms. The predicted molar refractivity (Wildman–Crippen MR) is 88.8 cm³/mol. The van der Waals surface area contributed by atoms with E-state index < -0.39 is 5.97 Å². The van der Waals surface area contributed by atoms with E-state index in [1.54, 1.807) is 17.4 Å². The fourth-order valence-electron chi connectivity index (χ4n) is 1.77. The minimum absolute atomic E-state index is 0.345. The van der Waals surface area contributed by atoms with Crippen LogP contribution in [0.2, 0.25) is 0 Å². The van der Waals surface area contributed by atoms with Crippen molar-refractivity contribution in [3.05, 3.63) is 61.0 Å². The highest BCUT2D eigenvalue weighted by atomic mass is 127. The first kappa shape index (κ1) is 13.5. The number of hydrogen-bond donors (Lipinski definition) is 0. The van der Waals surface area contributed by atoms with Crippen LogP contribution in [0.1, 0.15) is 16.0 Å². The molecule has 0 radical (unpaired) electrons. The molecule has 0 unspecified atom stereocenters. The van der Waals surface area contributed by atoms with Crippen LogP contribution in [0.25, 0.3) is 6.08 Å². The maximum atomic E-state index is 11.8. The van der Waals surface area contributed by atoms with Crippen molar-refractivity contribution < 1.29 is 9.53 Å². The SMILES string of the molecule is Cc1ccc(C2=NC(=Cc3cccs3)C(=O)O2)cc1I. The molecule has 0 amide bonds. The third-order valence-corrected chi connectivity index (χ3v) is 4.84. The predicted octanol–water partition coefficient (Wildman–Crippen LogP) is 4.01. The lowest BCUT2D eigenvalue weighted by Crippen LogP contribution is -2.05. The van der Waals surface area contributed by atoms with Crippen molar-refractivity contribution in [1.29, 1.82) is 0 Å². The zero-order chi connectivity index (χ0) is 14.1. The van der Waals surface area contributed by atoms with Crippen LogP contribution in [-0.2, 0) is 9.53 Å². The molecular weight excluding hydrogens is 385 g/mol. The molecule has 0 N–H and O–H groups in total. The van der Waals surface area contributed by atoms with Crippen LogP contribution in [0.4, 0.5) is 0 Å². The molecular formula is C15H10INO2S. The minimum atomic E-state index is -0.399. The molecule has 0 fully saturated rings. The summed E-state index contributed by atoms with van der Waals surface area (Å²) in [7, 11) is 0. The number of carbonyl (C=O) groups excluding carboxylic acids is 1. The topological polar surface area (TPSA) is 38.7 Å². The summed E-state index contributed by atoms with van der Waals surface area (Å²) in [6.07, 6.45) is 1.75. The standard InChI is InChI=1S/C15H10INO2S/c1-9-4-5-10(7-12(9)16)14-17-13(15(18)19-14)8-11-3-2-6-20-11/h2-8H,1H3. The number of aryl methyl sites for hydroxylation is 1. The van der Waals surface area contributed by atoms with Crippen molar-refractivity contribution in [2.24, 2.45) is 4.99 Å². The lowest BCUT2D eigenvalue weighted by atomic mass is 10.1. The van der Waals surface area contributed by atoms with Gasteiger partial charge in [-0.2, -0.15) is 0 Å². The molecule has 0 atom stereocenters. The number of cyclic esters (lactones) is 1. The highest BCUT2D eigenvalue weighted by Crippen LogP contribution is 2.22. The molecule has 0 spiro atoms. The van der Waals surface area contributed by atoms with E-state index in [1.807, 2.05) is 42.6 Å². The molecule has 1 aromatic carbocycles. The second-order valence-corrected chi connectivity index (χ2v) is 6.46. The maximum absolute atomic E-state index is 11.8. The van der Waals surface area contributed by atoms with E-state index in [4.69, 9.17) is 4.74 Å². The quantitative estimate of drug-likeness (QED) is 0.438. The number of carbonyl (C=O) groups is 1. The summed E-state index contributed by atoms with van der Waals surface area (Å²) in [5.41, 5.74) is 2.36.